The van der Waals surface area contributed by atoms with Crippen LogP contribution in [0.2, 0.25) is 0 Å². The van der Waals surface area contributed by atoms with Gasteiger partial charge in [0.15, 0.2) is 12.1 Å². The lowest BCUT2D eigenvalue weighted by molar-refractivity contribution is 0.0453. The summed E-state index contributed by atoms with van der Waals surface area (Å²) in [5, 5.41) is 18.3. The molecule has 2 aromatic heterocycles. The summed E-state index contributed by atoms with van der Waals surface area (Å²) in [6, 6.07) is 5.79. The highest BCUT2D eigenvalue weighted by Crippen LogP contribution is 2.31. The minimum Gasteiger partial charge on any atom is -0.465 e. The van der Waals surface area contributed by atoms with Crippen LogP contribution in [0.4, 0.5) is 9.18 Å². The minimum atomic E-state index is -1.06. The molecule has 1 saturated heterocycles. The van der Waals surface area contributed by atoms with Crippen molar-refractivity contribution < 1.29 is 28.2 Å². The molecule has 3 aromatic rings. The average Bonchev–Trinajstić information content (AvgIpc) is 3.60. The maximum absolute atomic E-state index is 14.7. The Morgan fingerprint density at radius 3 is 2.72 bits per heavy atom. The van der Waals surface area contributed by atoms with Gasteiger partial charge >= 0.3 is 6.09 Å². The van der Waals surface area contributed by atoms with Gasteiger partial charge in [-0.3, -0.25) is 4.79 Å². The van der Waals surface area contributed by atoms with Gasteiger partial charge in [-0.2, -0.15) is 0 Å². The van der Waals surface area contributed by atoms with Crippen LogP contribution in [0.5, 0.6) is 0 Å². The standard InChI is InChI=1S/C27H35FN6O5/c1-18(2)14-33(20-12-19(24-13-29-17-39-24)15-32(16-20)27(36)37)26(35)25-23(10-6-7-11-38-3)34(31-30-25)22-9-5-4-8-21(22)28/h4-5,8-9,13,17-20H,6-7,10-12,14-16H2,1-3H3,(H,36,37)/t19?,20-/m0/s1. The molecule has 4 rings (SSSR count). The van der Waals surface area contributed by atoms with E-state index in [1.807, 2.05) is 13.8 Å². The molecule has 0 aliphatic carbocycles. The van der Waals surface area contributed by atoms with Crippen molar-refractivity contribution in [3.05, 3.63) is 59.8 Å². The van der Waals surface area contributed by atoms with E-state index in [-0.39, 0.29) is 42.2 Å². The second-order valence-electron chi connectivity index (χ2n) is 10.2. The van der Waals surface area contributed by atoms with Crippen molar-refractivity contribution in [3.8, 4) is 5.69 Å². The molecule has 0 radical (unpaired) electrons. The van der Waals surface area contributed by atoms with Crippen LogP contribution in [0.1, 0.15) is 61.0 Å². The van der Waals surface area contributed by atoms with Crippen LogP contribution >= 0.6 is 0 Å². The molecule has 2 amide bonds. The lowest BCUT2D eigenvalue weighted by Crippen LogP contribution is -2.54. The molecule has 0 saturated carbocycles. The fourth-order valence-corrected chi connectivity index (χ4v) is 5.06. The van der Waals surface area contributed by atoms with E-state index in [1.165, 1.54) is 22.0 Å². The number of oxazole rings is 1. The van der Waals surface area contributed by atoms with Crippen LogP contribution in [-0.2, 0) is 11.2 Å². The van der Waals surface area contributed by atoms with Gasteiger partial charge in [0, 0.05) is 39.3 Å². The molecule has 0 spiro atoms. The number of carboxylic acid groups (broad SMARTS) is 1. The fourth-order valence-electron chi connectivity index (χ4n) is 5.06. The molecule has 0 bridgehead atoms. The van der Waals surface area contributed by atoms with E-state index in [4.69, 9.17) is 9.15 Å². The highest BCUT2D eigenvalue weighted by Gasteiger charge is 2.39. The van der Waals surface area contributed by atoms with E-state index in [1.54, 1.807) is 36.4 Å². The first-order valence-corrected chi connectivity index (χ1v) is 13.2. The maximum Gasteiger partial charge on any atom is 0.407 e. The second kappa shape index (κ2) is 12.8. The van der Waals surface area contributed by atoms with Crippen LogP contribution in [0.15, 0.2) is 41.3 Å². The van der Waals surface area contributed by atoms with Crippen molar-refractivity contribution in [2.45, 2.75) is 51.5 Å². The van der Waals surface area contributed by atoms with Gasteiger partial charge in [-0.1, -0.05) is 31.2 Å². The third-order valence-corrected chi connectivity index (χ3v) is 6.87. The van der Waals surface area contributed by atoms with Gasteiger partial charge < -0.3 is 24.1 Å². The number of benzene rings is 1. The van der Waals surface area contributed by atoms with Gasteiger partial charge in [-0.15, -0.1) is 5.10 Å². The summed E-state index contributed by atoms with van der Waals surface area (Å²) >= 11 is 0. The molecule has 1 unspecified atom stereocenters. The highest BCUT2D eigenvalue weighted by atomic mass is 19.1. The third-order valence-electron chi connectivity index (χ3n) is 6.87. The van der Waals surface area contributed by atoms with Crippen LogP contribution in [0.3, 0.4) is 0 Å². The molecule has 1 aromatic carbocycles. The number of nitrogens with zero attached hydrogens (tertiary/aromatic N) is 6. The Kier molecular flexibility index (Phi) is 9.28. The Bertz CT molecular complexity index is 1250. The molecule has 11 nitrogen and oxygen atoms in total. The predicted molar refractivity (Wildman–Crippen MR) is 139 cm³/mol. The highest BCUT2D eigenvalue weighted by molar-refractivity contribution is 5.93. The van der Waals surface area contributed by atoms with Gasteiger partial charge in [-0.25, -0.2) is 18.9 Å². The molecule has 1 aliphatic rings. The summed E-state index contributed by atoms with van der Waals surface area (Å²) in [4.78, 5) is 33.2. The Balaban J connectivity index is 1.70. The lowest BCUT2D eigenvalue weighted by atomic mass is 9.91. The van der Waals surface area contributed by atoms with Crippen LogP contribution in [-0.4, -0.2) is 86.3 Å². The van der Waals surface area contributed by atoms with Gasteiger partial charge in [-0.05, 0) is 43.7 Å². The number of ether oxygens (including phenoxy) is 1. The lowest BCUT2D eigenvalue weighted by Gasteiger charge is -2.41. The van der Waals surface area contributed by atoms with Crippen molar-refractivity contribution in [1.82, 2.24) is 29.8 Å². The van der Waals surface area contributed by atoms with Crippen molar-refractivity contribution in [1.29, 1.82) is 0 Å². The third kappa shape index (κ3) is 6.62. The molecule has 12 heteroatoms. The molecule has 1 N–H and O–H groups in total. The van der Waals surface area contributed by atoms with Crippen molar-refractivity contribution >= 4 is 12.0 Å². The summed E-state index contributed by atoms with van der Waals surface area (Å²) < 4.78 is 26.8. The fraction of sp³-hybridized carbons (Fsp3) is 0.519. The number of hydrogen-bond acceptors (Lipinski definition) is 7. The summed E-state index contributed by atoms with van der Waals surface area (Å²) in [7, 11) is 1.63. The zero-order chi connectivity index (χ0) is 27.9. The Labute approximate surface area is 226 Å². The van der Waals surface area contributed by atoms with Gasteiger partial charge in [0.2, 0.25) is 0 Å². The number of para-hydroxylation sites is 1. The topological polar surface area (TPSA) is 127 Å². The van der Waals surface area contributed by atoms with Crippen molar-refractivity contribution in [2.75, 3.05) is 33.4 Å². The van der Waals surface area contributed by atoms with Crippen LogP contribution in [0, 0.1) is 11.7 Å². The largest absolute Gasteiger partial charge is 0.465 e. The summed E-state index contributed by atoms with van der Waals surface area (Å²) in [6.07, 6.45) is 4.21. The number of halogens is 1. The van der Waals surface area contributed by atoms with E-state index < -0.39 is 18.0 Å². The number of piperidine rings is 1. The Hall–Kier alpha value is -3.80. The molecule has 3 heterocycles. The summed E-state index contributed by atoms with van der Waals surface area (Å²) in [5.74, 6) is -0.413. The first kappa shape index (κ1) is 28.2. The van der Waals surface area contributed by atoms with Crippen LogP contribution < -0.4 is 0 Å². The number of unbranched alkanes of at least 4 members (excludes halogenated alkanes) is 1. The van der Waals surface area contributed by atoms with Gasteiger partial charge in [0.1, 0.15) is 17.3 Å². The van der Waals surface area contributed by atoms with E-state index >= 15 is 0 Å². The molecule has 210 valence electrons. The summed E-state index contributed by atoms with van der Waals surface area (Å²) in [6.45, 7) is 5.33. The van der Waals surface area contributed by atoms with Crippen LogP contribution in [0.25, 0.3) is 5.69 Å². The molecular weight excluding hydrogens is 507 g/mol. The van der Waals surface area contributed by atoms with E-state index in [9.17, 15) is 19.1 Å². The first-order chi connectivity index (χ1) is 18.8. The quantitative estimate of drug-likeness (QED) is 0.360. The zero-order valence-corrected chi connectivity index (χ0v) is 22.5. The molecule has 39 heavy (non-hydrogen) atoms. The molecular formula is C27H35FN6O5. The number of likely N-dealkylation sites (tertiary alicyclic amines) is 1. The van der Waals surface area contributed by atoms with Crippen molar-refractivity contribution in [3.63, 3.8) is 0 Å². The number of carbonyl (C=O) groups is 2. The molecule has 1 fully saturated rings. The Morgan fingerprint density at radius 2 is 2.05 bits per heavy atom. The maximum atomic E-state index is 14.7. The monoisotopic (exact) mass is 542 g/mol. The van der Waals surface area contributed by atoms with Crippen molar-refractivity contribution in [2.24, 2.45) is 5.92 Å². The SMILES string of the molecule is COCCCCc1c(C(=O)N(CC(C)C)[C@H]2CC(c3cnco3)CN(C(=O)O)C2)nnn1-c1ccccc1F. The number of rotatable bonds is 11. The molecule has 1 aliphatic heterocycles. The predicted octanol–water partition coefficient (Wildman–Crippen LogP) is 4.00. The van der Waals surface area contributed by atoms with E-state index in [0.717, 1.165) is 6.42 Å². The average molecular weight is 543 g/mol. The second-order valence-corrected chi connectivity index (χ2v) is 10.2. The zero-order valence-electron chi connectivity index (χ0n) is 22.5. The first-order valence-electron chi connectivity index (χ1n) is 13.2. The van der Waals surface area contributed by atoms with Gasteiger partial charge in [0.05, 0.1) is 17.9 Å². The minimum absolute atomic E-state index is 0.102. The summed E-state index contributed by atoms with van der Waals surface area (Å²) in [5.41, 5.74) is 0.855. The van der Waals surface area contributed by atoms with Gasteiger partial charge in [0.25, 0.3) is 5.91 Å². The van der Waals surface area contributed by atoms with E-state index in [0.29, 0.717) is 43.9 Å². The number of carbonyl (C=O) groups excluding carboxylic acids is 1. The number of aromatic nitrogens is 4. The number of hydrogen-bond donors (Lipinski definition) is 1. The smallest absolute Gasteiger partial charge is 0.407 e. The van der Waals surface area contributed by atoms with E-state index in [2.05, 4.69) is 15.3 Å². The number of amides is 2. The number of methoxy groups -OCH3 is 1. The molecule has 2 atom stereocenters. The Morgan fingerprint density at radius 1 is 1.26 bits per heavy atom. The normalized spacial score (nSPS) is 17.5.